The molecule has 0 spiro atoms. The van der Waals surface area contributed by atoms with Crippen LogP contribution in [0.25, 0.3) is 0 Å². The van der Waals surface area contributed by atoms with Crippen LogP contribution < -0.4 is 0 Å². The van der Waals surface area contributed by atoms with Crippen LogP contribution >= 0.6 is 0 Å². The second-order valence-electron chi connectivity index (χ2n) is 3.71. The molecule has 0 aromatic carbocycles. The summed E-state index contributed by atoms with van der Waals surface area (Å²) in [5.41, 5.74) is 0. The molecule has 2 atom stereocenters. The van der Waals surface area contributed by atoms with Gasteiger partial charge in [-0.3, -0.25) is 4.79 Å². The van der Waals surface area contributed by atoms with Gasteiger partial charge in [0.2, 0.25) is 0 Å². The van der Waals surface area contributed by atoms with Crippen molar-refractivity contribution in [2.24, 2.45) is 0 Å². The molecule has 2 aliphatic heterocycles. The van der Waals surface area contributed by atoms with Crippen molar-refractivity contribution in [1.82, 2.24) is 10.0 Å². The second kappa shape index (κ2) is 4.52. The van der Waals surface area contributed by atoms with E-state index in [0.717, 1.165) is 10.0 Å². The lowest BCUT2D eigenvalue weighted by Crippen LogP contribution is -2.59. The zero-order valence-corrected chi connectivity index (χ0v) is 9.90. The molecule has 0 aromatic rings. The van der Waals surface area contributed by atoms with Crippen LogP contribution in [0.15, 0.2) is 24.3 Å². The predicted molar refractivity (Wildman–Crippen MR) is 59.4 cm³/mol. The highest BCUT2D eigenvalue weighted by atomic mass is 16.6. The predicted octanol–water partition coefficient (Wildman–Crippen LogP) is 0.484. The van der Waals surface area contributed by atoms with Gasteiger partial charge in [-0.15, -0.1) is 0 Å². The number of carbonyl (C=O) groups excluding carboxylic acids is 3. The minimum atomic E-state index is -0.883. The Bertz CT molecular complexity index is 456. The highest BCUT2D eigenvalue weighted by molar-refractivity contribution is 5.99. The highest BCUT2D eigenvalue weighted by Gasteiger charge is 2.43. The fraction of sp³-hybridized carbons (Fsp3) is 0.364. The minimum absolute atomic E-state index is 0.300. The average molecular weight is 252 g/mol. The Hall–Kier alpha value is -2.31. The SMILES string of the molecule is COC(=O)N1[C@@H]2C=CC(=O)[C@H](C=C2)N1C(=O)OC. The van der Waals surface area contributed by atoms with Crippen LogP contribution in [0.1, 0.15) is 0 Å². The summed E-state index contributed by atoms with van der Waals surface area (Å²) in [5.74, 6) is -0.300. The Morgan fingerprint density at radius 2 is 1.67 bits per heavy atom. The fourth-order valence-corrected chi connectivity index (χ4v) is 1.91. The van der Waals surface area contributed by atoms with Gasteiger partial charge < -0.3 is 9.47 Å². The number of nitrogens with zero attached hydrogens (tertiary/aromatic N) is 2. The van der Waals surface area contributed by atoms with E-state index in [0.29, 0.717) is 0 Å². The van der Waals surface area contributed by atoms with E-state index in [1.54, 1.807) is 12.2 Å². The van der Waals surface area contributed by atoms with E-state index in [2.05, 4.69) is 9.47 Å². The molecule has 0 saturated carbocycles. The standard InChI is InChI=1S/C11H12N2O5/c1-17-10(15)12-7-3-5-8(9(14)6-4-7)13(12)11(16)18-2/h3-8H,1-2H3/t7-,8-/m0/s1. The number of fused-ring (bicyclic) bond motifs is 2. The minimum Gasteiger partial charge on any atom is -0.451 e. The van der Waals surface area contributed by atoms with Crippen molar-refractivity contribution in [3.63, 3.8) is 0 Å². The maximum Gasteiger partial charge on any atom is 0.429 e. The summed E-state index contributed by atoms with van der Waals surface area (Å²) in [6.07, 6.45) is 4.55. The quantitative estimate of drug-likeness (QED) is 0.586. The van der Waals surface area contributed by atoms with Crippen molar-refractivity contribution < 1.29 is 23.9 Å². The second-order valence-corrected chi connectivity index (χ2v) is 3.71. The number of ether oxygens (including phenoxy) is 2. The summed E-state index contributed by atoms with van der Waals surface area (Å²) in [5, 5.41) is 2.01. The Morgan fingerprint density at radius 3 is 2.28 bits per heavy atom. The van der Waals surface area contributed by atoms with E-state index in [-0.39, 0.29) is 5.78 Å². The van der Waals surface area contributed by atoms with Crippen molar-refractivity contribution in [3.8, 4) is 0 Å². The number of rotatable bonds is 0. The summed E-state index contributed by atoms with van der Waals surface area (Å²) in [7, 11) is 2.38. The Kier molecular flexibility index (Phi) is 3.05. The molecule has 0 saturated heterocycles. The lowest BCUT2D eigenvalue weighted by atomic mass is 10.1. The third kappa shape index (κ3) is 1.73. The lowest BCUT2D eigenvalue weighted by Gasteiger charge is -2.39. The zero-order chi connectivity index (χ0) is 13.3. The fourth-order valence-electron chi connectivity index (χ4n) is 1.91. The summed E-state index contributed by atoms with van der Waals surface area (Å²) < 4.78 is 9.21. The van der Waals surface area contributed by atoms with Gasteiger partial charge in [0, 0.05) is 0 Å². The topological polar surface area (TPSA) is 76.2 Å². The number of methoxy groups -OCH3 is 2. The lowest BCUT2D eigenvalue weighted by molar-refractivity contribution is -0.122. The van der Waals surface area contributed by atoms with Crippen LogP contribution in [0.5, 0.6) is 0 Å². The average Bonchev–Trinajstić information content (AvgIpc) is 2.66. The number of hydrazine groups is 1. The number of ketones is 1. The van der Waals surface area contributed by atoms with Crippen LogP contribution in [-0.4, -0.2) is 54.3 Å². The summed E-state index contributed by atoms with van der Waals surface area (Å²) in [4.78, 5) is 35.2. The van der Waals surface area contributed by atoms with E-state index in [9.17, 15) is 14.4 Å². The highest BCUT2D eigenvalue weighted by Crippen LogP contribution is 2.24. The molecule has 2 amide bonds. The van der Waals surface area contributed by atoms with Crippen LogP contribution in [0.4, 0.5) is 9.59 Å². The van der Waals surface area contributed by atoms with Crippen molar-refractivity contribution >= 4 is 18.0 Å². The molecule has 3 aliphatic rings. The largest absolute Gasteiger partial charge is 0.451 e. The van der Waals surface area contributed by atoms with E-state index < -0.39 is 24.3 Å². The first-order valence-electron chi connectivity index (χ1n) is 5.24. The number of carbonyl (C=O) groups is 3. The van der Waals surface area contributed by atoms with Gasteiger partial charge in [0.05, 0.1) is 20.3 Å². The van der Waals surface area contributed by atoms with E-state index in [1.165, 1.54) is 26.4 Å². The molecule has 7 heteroatoms. The number of hydrogen-bond donors (Lipinski definition) is 0. The monoisotopic (exact) mass is 252 g/mol. The first-order valence-corrected chi connectivity index (χ1v) is 5.24. The Labute approximate surface area is 103 Å². The van der Waals surface area contributed by atoms with Crippen LogP contribution in [0.3, 0.4) is 0 Å². The third-order valence-electron chi connectivity index (χ3n) is 2.74. The van der Waals surface area contributed by atoms with Crippen molar-refractivity contribution in [2.75, 3.05) is 14.2 Å². The summed E-state index contributed by atoms with van der Waals surface area (Å²) >= 11 is 0. The molecule has 0 N–H and O–H groups in total. The van der Waals surface area contributed by atoms with E-state index >= 15 is 0 Å². The van der Waals surface area contributed by atoms with Gasteiger partial charge in [0.25, 0.3) is 0 Å². The molecule has 0 unspecified atom stereocenters. The molecule has 7 nitrogen and oxygen atoms in total. The first-order chi connectivity index (χ1) is 8.60. The molecule has 2 heterocycles. The van der Waals surface area contributed by atoms with Gasteiger partial charge in [-0.2, -0.15) is 5.01 Å². The van der Waals surface area contributed by atoms with Crippen LogP contribution in [0, 0.1) is 0 Å². The van der Waals surface area contributed by atoms with Gasteiger partial charge in [-0.05, 0) is 6.08 Å². The summed E-state index contributed by atoms with van der Waals surface area (Å²) in [6, 6.07) is -1.43. The molecule has 18 heavy (non-hydrogen) atoms. The zero-order valence-electron chi connectivity index (χ0n) is 9.90. The van der Waals surface area contributed by atoms with Gasteiger partial charge >= 0.3 is 12.2 Å². The molecular weight excluding hydrogens is 240 g/mol. The molecule has 0 fully saturated rings. The molecule has 0 radical (unpaired) electrons. The third-order valence-corrected chi connectivity index (χ3v) is 2.74. The van der Waals surface area contributed by atoms with Crippen molar-refractivity contribution in [2.45, 2.75) is 12.1 Å². The van der Waals surface area contributed by atoms with Gasteiger partial charge in [-0.25, -0.2) is 14.6 Å². The van der Waals surface area contributed by atoms with E-state index in [4.69, 9.17) is 0 Å². The van der Waals surface area contributed by atoms with Crippen LogP contribution in [-0.2, 0) is 14.3 Å². The van der Waals surface area contributed by atoms with Crippen LogP contribution in [0.2, 0.25) is 0 Å². The van der Waals surface area contributed by atoms with Crippen molar-refractivity contribution in [1.29, 1.82) is 0 Å². The Balaban J connectivity index is 2.45. The molecule has 0 aromatic heterocycles. The maximum atomic E-state index is 11.8. The first kappa shape index (κ1) is 12.2. The normalized spacial score (nSPS) is 25.1. The van der Waals surface area contributed by atoms with Crippen molar-refractivity contribution in [3.05, 3.63) is 24.3 Å². The Morgan fingerprint density at radius 1 is 1.06 bits per heavy atom. The van der Waals surface area contributed by atoms with E-state index in [1.807, 2.05) is 0 Å². The number of hydrogen-bond acceptors (Lipinski definition) is 5. The van der Waals surface area contributed by atoms with Gasteiger partial charge in [0.15, 0.2) is 5.78 Å². The smallest absolute Gasteiger partial charge is 0.429 e. The molecule has 96 valence electrons. The molecular formula is C11H12N2O5. The molecule has 1 aliphatic carbocycles. The van der Waals surface area contributed by atoms with Gasteiger partial charge in [0.1, 0.15) is 6.04 Å². The number of amides is 2. The maximum absolute atomic E-state index is 11.8. The summed E-state index contributed by atoms with van der Waals surface area (Å²) in [6.45, 7) is 0. The molecule has 3 rings (SSSR count). The molecule has 2 bridgehead atoms. The van der Waals surface area contributed by atoms with Gasteiger partial charge in [-0.1, -0.05) is 18.2 Å².